The van der Waals surface area contributed by atoms with Crippen LogP contribution in [0.2, 0.25) is 0 Å². The van der Waals surface area contributed by atoms with E-state index < -0.39 is 12.2 Å². The lowest BCUT2D eigenvalue weighted by Gasteiger charge is -2.29. The number of anilines is 2. The van der Waals surface area contributed by atoms with E-state index in [0.717, 1.165) is 18.7 Å². The monoisotopic (exact) mass is 365 g/mol. The molecule has 3 fully saturated rings. The predicted molar refractivity (Wildman–Crippen MR) is 94.7 cm³/mol. The van der Waals surface area contributed by atoms with Crippen LogP contribution in [0.3, 0.4) is 0 Å². The average Bonchev–Trinajstić information content (AvgIpc) is 3.28. The van der Waals surface area contributed by atoms with Crippen LogP contribution in [0.1, 0.15) is 13.3 Å². The third kappa shape index (κ3) is 3.15. The summed E-state index contributed by atoms with van der Waals surface area (Å²) in [6, 6.07) is 5.33. The Hall–Kier alpha value is -1.96. The summed E-state index contributed by atoms with van der Waals surface area (Å²) in [5.41, 5.74) is 1.09. The van der Waals surface area contributed by atoms with Crippen molar-refractivity contribution in [2.45, 2.75) is 30.7 Å². The van der Waals surface area contributed by atoms with Gasteiger partial charge >= 0.3 is 6.09 Å². The molecule has 6 nitrogen and oxygen atoms in total. The molecule has 3 heterocycles. The third-order valence-electron chi connectivity index (χ3n) is 4.91. The summed E-state index contributed by atoms with van der Waals surface area (Å²) in [5, 5.41) is 3.23. The van der Waals surface area contributed by atoms with Gasteiger partial charge in [0.2, 0.25) is 5.91 Å². The molecule has 2 amide bonds. The van der Waals surface area contributed by atoms with Crippen molar-refractivity contribution >= 4 is 35.1 Å². The van der Waals surface area contributed by atoms with E-state index in [4.69, 9.17) is 4.74 Å². The zero-order chi connectivity index (χ0) is 17.6. The SMILES string of the molecule is CC(=O)NC[C@H]1CN(c2ccc(N3CC4CC3CS4)c(F)c2)C(=O)O1. The van der Waals surface area contributed by atoms with Crippen LogP contribution in [0.5, 0.6) is 0 Å². The van der Waals surface area contributed by atoms with Crippen LogP contribution in [0.4, 0.5) is 20.6 Å². The Balaban J connectivity index is 1.47. The van der Waals surface area contributed by atoms with Crippen LogP contribution >= 0.6 is 11.8 Å². The highest BCUT2D eigenvalue weighted by Crippen LogP contribution is 2.41. The molecule has 0 saturated carbocycles. The molecule has 2 bridgehead atoms. The number of amides is 2. The molecule has 0 aliphatic carbocycles. The van der Waals surface area contributed by atoms with Crippen molar-refractivity contribution in [1.82, 2.24) is 5.32 Å². The van der Waals surface area contributed by atoms with Crippen molar-refractivity contribution in [3.63, 3.8) is 0 Å². The zero-order valence-corrected chi connectivity index (χ0v) is 14.7. The molecular weight excluding hydrogens is 345 g/mol. The van der Waals surface area contributed by atoms with Gasteiger partial charge < -0.3 is 15.0 Å². The van der Waals surface area contributed by atoms with Crippen LogP contribution in [-0.4, -0.2) is 54.8 Å². The first-order chi connectivity index (χ1) is 12.0. The lowest BCUT2D eigenvalue weighted by molar-refractivity contribution is -0.119. The molecule has 8 heteroatoms. The Bertz CT molecular complexity index is 716. The van der Waals surface area contributed by atoms with Crippen molar-refractivity contribution < 1.29 is 18.7 Å². The molecule has 2 unspecified atom stereocenters. The predicted octanol–water partition coefficient (Wildman–Crippen LogP) is 1.98. The fourth-order valence-corrected chi connectivity index (χ4v) is 5.12. The highest BCUT2D eigenvalue weighted by Gasteiger charge is 2.40. The number of rotatable bonds is 4. The number of thioether (sulfide) groups is 1. The highest BCUT2D eigenvalue weighted by molar-refractivity contribution is 8.00. The Morgan fingerprint density at radius 3 is 2.92 bits per heavy atom. The minimum atomic E-state index is -0.515. The van der Waals surface area contributed by atoms with Crippen LogP contribution in [0, 0.1) is 5.82 Å². The van der Waals surface area contributed by atoms with E-state index in [2.05, 4.69) is 10.2 Å². The number of halogens is 1. The Morgan fingerprint density at radius 1 is 1.44 bits per heavy atom. The molecule has 0 aromatic heterocycles. The second-order valence-electron chi connectivity index (χ2n) is 6.69. The minimum absolute atomic E-state index is 0.178. The topological polar surface area (TPSA) is 61.9 Å². The number of cyclic esters (lactones) is 1. The normalized spacial score (nSPS) is 27.8. The summed E-state index contributed by atoms with van der Waals surface area (Å²) in [6.07, 6.45) is 0.180. The lowest BCUT2D eigenvalue weighted by Crippen LogP contribution is -2.34. The summed E-state index contributed by atoms with van der Waals surface area (Å²) < 4.78 is 19.9. The van der Waals surface area contributed by atoms with Crippen molar-refractivity contribution in [3.05, 3.63) is 24.0 Å². The van der Waals surface area contributed by atoms with Crippen molar-refractivity contribution in [2.24, 2.45) is 0 Å². The number of hydrogen-bond acceptors (Lipinski definition) is 5. The van der Waals surface area contributed by atoms with Gasteiger partial charge in [0.25, 0.3) is 0 Å². The molecule has 4 rings (SSSR count). The lowest BCUT2D eigenvalue weighted by atomic mass is 10.2. The number of hydrogen-bond donors (Lipinski definition) is 1. The number of ether oxygens (including phenoxy) is 1. The number of nitrogens with one attached hydrogen (secondary N) is 1. The molecule has 134 valence electrons. The standard InChI is InChI=1S/C17H20FN3O3S/c1-10(22)19-6-13-7-21(17(23)24-13)11-2-3-16(15(18)5-11)20-8-14-4-12(20)9-25-14/h2-3,5,12-14H,4,6-9H2,1H3,(H,19,22)/t12?,13-,14?/m0/s1. The van der Waals surface area contributed by atoms with Gasteiger partial charge in [0.15, 0.2) is 0 Å². The second-order valence-corrected chi connectivity index (χ2v) is 8.02. The second kappa shape index (κ2) is 6.40. The first kappa shape index (κ1) is 16.5. The van der Waals surface area contributed by atoms with Crippen LogP contribution in [0.25, 0.3) is 0 Å². The van der Waals surface area contributed by atoms with Crippen molar-refractivity contribution in [3.8, 4) is 0 Å². The van der Waals surface area contributed by atoms with Gasteiger partial charge in [0.1, 0.15) is 11.9 Å². The molecule has 3 saturated heterocycles. The van der Waals surface area contributed by atoms with E-state index >= 15 is 0 Å². The van der Waals surface area contributed by atoms with E-state index in [-0.39, 0.29) is 18.3 Å². The Labute approximate surface area is 149 Å². The largest absolute Gasteiger partial charge is 0.442 e. The summed E-state index contributed by atoms with van der Waals surface area (Å²) >= 11 is 1.96. The maximum atomic E-state index is 14.7. The summed E-state index contributed by atoms with van der Waals surface area (Å²) in [7, 11) is 0. The molecule has 0 spiro atoms. The highest BCUT2D eigenvalue weighted by atomic mass is 32.2. The average molecular weight is 365 g/mol. The molecule has 1 aromatic carbocycles. The van der Waals surface area contributed by atoms with Crippen LogP contribution < -0.4 is 15.1 Å². The molecule has 3 aliphatic rings. The van der Waals surface area contributed by atoms with Crippen molar-refractivity contribution in [2.75, 3.05) is 35.2 Å². The number of carbonyl (C=O) groups excluding carboxylic acids is 2. The van der Waals surface area contributed by atoms with E-state index in [9.17, 15) is 14.0 Å². The molecule has 1 N–H and O–H groups in total. The molecule has 1 aromatic rings. The fourth-order valence-electron chi connectivity index (χ4n) is 3.69. The molecule has 3 atom stereocenters. The van der Waals surface area contributed by atoms with Gasteiger partial charge in [-0.25, -0.2) is 9.18 Å². The van der Waals surface area contributed by atoms with Gasteiger partial charge in [0, 0.05) is 30.5 Å². The zero-order valence-electron chi connectivity index (χ0n) is 13.9. The van der Waals surface area contributed by atoms with E-state index in [1.165, 1.54) is 17.9 Å². The molecule has 3 aliphatic heterocycles. The van der Waals surface area contributed by atoms with E-state index in [0.29, 0.717) is 29.2 Å². The first-order valence-electron chi connectivity index (χ1n) is 8.41. The maximum absolute atomic E-state index is 14.7. The molecular formula is C17H20FN3O3S. The summed E-state index contributed by atoms with van der Waals surface area (Å²) in [5.74, 6) is 0.561. The van der Waals surface area contributed by atoms with Gasteiger partial charge in [-0.3, -0.25) is 9.69 Å². The van der Waals surface area contributed by atoms with Gasteiger partial charge in [-0.15, -0.1) is 0 Å². The number of nitrogens with zero attached hydrogens (tertiary/aromatic N) is 2. The van der Waals surface area contributed by atoms with E-state index in [1.807, 2.05) is 11.8 Å². The first-order valence-corrected chi connectivity index (χ1v) is 9.46. The fraction of sp³-hybridized carbons (Fsp3) is 0.529. The van der Waals surface area contributed by atoms with Gasteiger partial charge in [-0.05, 0) is 24.6 Å². The molecule has 0 radical (unpaired) electrons. The Morgan fingerprint density at radius 2 is 2.28 bits per heavy atom. The summed E-state index contributed by atoms with van der Waals surface area (Å²) in [4.78, 5) is 26.6. The van der Waals surface area contributed by atoms with Gasteiger partial charge in [-0.2, -0.15) is 11.8 Å². The smallest absolute Gasteiger partial charge is 0.414 e. The summed E-state index contributed by atoms with van der Waals surface area (Å²) in [6.45, 7) is 2.85. The number of fused-ring (bicyclic) bond motifs is 2. The molecule has 25 heavy (non-hydrogen) atoms. The van der Waals surface area contributed by atoms with Gasteiger partial charge in [-0.1, -0.05) is 0 Å². The number of benzene rings is 1. The van der Waals surface area contributed by atoms with Crippen LogP contribution in [0.15, 0.2) is 18.2 Å². The van der Waals surface area contributed by atoms with Gasteiger partial charge in [0.05, 0.1) is 24.5 Å². The van der Waals surface area contributed by atoms with Crippen molar-refractivity contribution in [1.29, 1.82) is 0 Å². The Kier molecular flexibility index (Phi) is 4.23. The maximum Gasteiger partial charge on any atom is 0.414 e. The third-order valence-corrected chi connectivity index (χ3v) is 6.30. The quantitative estimate of drug-likeness (QED) is 0.884. The van der Waals surface area contributed by atoms with E-state index in [1.54, 1.807) is 12.1 Å². The minimum Gasteiger partial charge on any atom is -0.442 e. The number of carbonyl (C=O) groups is 2. The van der Waals surface area contributed by atoms with Crippen LogP contribution in [-0.2, 0) is 9.53 Å².